The summed E-state index contributed by atoms with van der Waals surface area (Å²) in [5, 5.41) is 21.1. The fourth-order valence-electron chi connectivity index (χ4n) is 3.17. The van der Waals surface area contributed by atoms with Gasteiger partial charge in [-0.2, -0.15) is 0 Å². The summed E-state index contributed by atoms with van der Waals surface area (Å²) < 4.78 is 0. The number of hydrogen-bond donors (Lipinski definition) is 3. The summed E-state index contributed by atoms with van der Waals surface area (Å²) in [6, 6.07) is 16.1. The van der Waals surface area contributed by atoms with Crippen LogP contribution in [0, 0.1) is 0 Å². The molecule has 3 aromatic carbocycles. The number of nitrogens with one attached hydrogen (secondary N) is 1. The van der Waals surface area contributed by atoms with E-state index >= 15 is 0 Å². The molecule has 4 rings (SSSR count). The van der Waals surface area contributed by atoms with Crippen molar-refractivity contribution in [2.24, 2.45) is 0 Å². The molecule has 0 fully saturated rings. The molecule has 148 valence electrons. The lowest BCUT2D eigenvalue weighted by Crippen LogP contribution is -2.29. The standard InChI is InChI=1S/C22H14N2O6/c25-18-10-7-13(11-17(18)22(29)30)23-19(26)12-5-8-14(9-6-12)24-20(27)15-3-1-2-4-16(15)21(24)28/h1-11,25H,(H,23,26)(H,29,30). The molecule has 1 aliphatic heterocycles. The molecule has 3 N–H and O–H groups in total. The fraction of sp³-hybridized carbons (Fsp3) is 0. The van der Waals surface area contributed by atoms with Crippen LogP contribution in [0.2, 0.25) is 0 Å². The summed E-state index contributed by atoms with van der Waals surface area (Å²) >= 11 is 0. The first-order valence-corrected chi connectivity index (χ1v) is 8.82. The molecule has 0 spiro atoms. The van der Waals surface area contributed by atoms with Gasteiger partial charge >= 0.3 is 5.97 Å². The number of carbonyl (C=O) groups excluding carboxylic acids is 3. The minimum Gasteiger partial charge on any atom is -0.507 e. The number of fused-ring (bicyclic) bond motifs is 1. The van der Waals surface area contributed by atoms with Crippen molar-refractivity contribution in [1.29, 1.82) is 0 Å². The molecule has 0 atom stereocenters. The van der Waals surface area contributed by atoms with Gasteiger partial charge in [0.25, 0.3) is 17.7 Å². The first-order chi connectivity index (χ1) is 14.4. The molecule has 0 aromatic heterocycles. The largest absolute Gasteiger partial charge is 0.507 e. The van der Waals surface area contributed by atoms with Crippen LogP contribution in [-0.2, 0) is 0 Å². The van der Waals surface area contributed by atoms with Gasteiger partial charge in [-0.1, -0.05) is 12.1 Å². The molecule has 1 heterocycles. The molecule has 8 heteroatoms. The Morgan fingerprint density at radius 2 is 1.43 bits per heavy atom. The maximum atomic E-state index is 12.5. The number of aromatic carboxylic acids is 1. The Hall–Kier alpha value is -4.46. The van der Waals surface area contributed by atoms with Crippen LogP contribution in [0.4, 0.5) is 11.4 Å². The molecule has 3 aromatic rings. The number of aromatic hydroxyl groups is 1. The van der Waals surface area contributed by atoms with Crippen LogP contribution in [-0.4, -0.2) is 33.9 Å². The number of carbonyl (C=O) groups is 4. The van der Waals surface area contributed by atoms with Crippen LogP contribution in [0.15, 0.2) is 66.7 Å². The molecule has 0 saturated carbocycles. The number of amides is 3. The predicted octanol–water partition coefficient (Wildman–Crippen LogP) is 3.14. The zero-order valence-electron chi connectivity index (χ0n) is 15.3. The SMILES string of the molecule is O=C(Nc1ccc(O)c(C(=O)O)c1)c1ccc(N2C(=O)c3ccccc3C2=O)cc1. The Kier molecular flexibility index (Phi) is 4.51. The van der Waals surface area contributed by atoms with E-state index in [0.29, 0.717) is 16.8 Å². The highest BCUT2D eigenvalue weighted by molar-refractivity contribution is 6.34. The van der Waals surface area contributed by atoms with E-state index in [1.54, 1.807) is 24.3 Å². The van der Waals surface area contributed by atoms with E-state index in [1.807, 2.05) is 0 Å². The Morgan fingerprint density at radius 3 is 2.00 bits per heavy atom. The summed E-state index contributed by atoms with van der Waals surface area (Å²) in [6.45, 7) is 0. The number of rotatable bonds is 4. The molecule has 0 unspecified atom stereocenters. The van der Waals surface area contributed by atoms with Crippen molar-refractivity contribution in [2.45, 2.75) is 0 Å². The van der Waals surface area contributed by atoms with Crippen LogP contribution in [0.1, 0.15) is 41.4 Å². The van der Waals surface area contributed by atoms with Gasteiger partial charge in [-0.15, -0.1) is 0 Å². The summed E-state index contributed by atoms with van der Waals surface area (Å²) in [6.07, 6.45) is 0. The van der Waals surface area contributed by atoms with Crippen LogP contribution in [0.3, 0.4) is 0 Å². The maximum absolute atomic E-state index is 12.5. The van der Waals surface area contributed by atoms with Gasteiger partial charge in [0.05, 0.1) is 16.8 Å². The normalized spacial score (nSPS) is 12.6. The van der Waals surface area contributed by atoms with E-state index in [-0.39, 0.29) is 16.8 Å². The highest BCUT2D eigenvalue weighted by Crippen LogP contribution is 2.28. The topological polar surface area (TPSA) is 124 Å². The number of phenols is 1. The number of carboxylic acid groups (broad SMARTS) is 1. The van der Waals surface area contributed by atoms with Gasteiger partial charge in [-0.3, -0.25) is 14.4 Å². The number of carboxylic acids is 1. The van der Waals surface area contributed by atoms with Crippen molar-refractivity contribution in [1.82, 2.24) is 0 Å². The van der Waals surface area contributed by atoms with E-state index in [0.717, 1.165) is 11.0 Å². The average molecular weight is 402 g/mol. The summed E-state index contributed by atoms with van der Waals surface area (Å²) in [5.74, 6) is -3.12. The minimum absolute atomic E-state index is 0.194. The van der Waals surface area contributed by atoms with E-state index in [9.17, 15) is 24.3 Å². The molecular formula is C22H14N2O6. The van der Waals surface area contributed by atoms with Crippen molar-refractivity contribution in [2.75, 3.05) is 10.2 Å². The molecule has 0 aliphatic carbocycles. The second-order valence-electron chi connectivity index (χ2n) is 6.53. The third-order valence-corrected chi connectivity index (χ3v) is 4.67. The molecule has 3 amide bonds. The molecule has 0 saturated heterocycles. The maximum Gasteiger partial charge on any atom is 0.339 e. The first-order valence-electron chi connectivity index (χ1n) is 8.82. The van der Waals surface area contributed by atoms with Crippen molar-refractivity contribution in [3.63, 3.8) is 0 Å². The summed E-state index contributed by atoms with van der Waals surface area (Å²) in [5.41, 5.74) is 1.07. The second-order valence-corrected chi connectivity index (χ2v) is 6.53. The predicted molar refractivity (Wildman–Crippen MR) is 107 cm³/mol. The Labute approximate surface area is 170 Å². The number of benzene rings is 3. The van der Waals surface area contributed by atoms with E-state index < -0.39 is 29.4 Å². The zero-order chi connectivity index (χ0) is 21.4. The van der Waals surface area contributed by atoms with Gasteiger partial charge in [0.2, 0.25) is 0 Å². The van der Waals surface area contributed by atoms with Gasteiger partial charge in [-0.05, 0) is 54.6 Å². The highest BCUT2D eigenvalue weighted by Gasteiger charge is 2.36. The number of hydrogen-bond acceptors (Lipinski definition) is 5. The number of anilines is 2. The minimum atomic E-state index is -1.33. The Balaban J connectivity index is 1.54. The lowest BCUT2D eigenvalue weighted by molar-refractivity contribution is 0.0692. The number of imide groups is 1. The Morgan fingerprint density at radius 1 is 0.833 bits per heavy atom. The quantitative estimate of drug-likeness (QED) is 0.455. The molecule has 1 aliphatic rings. The van der Waals surface area contributed by atoms with E-state index in [4.69, 9.17) is 5.11 Å². The van der Waals surface area contributed by atoms with Crippen molar-refractivity contribution >= 4 is 35.1 Å². The van der Waals surface area contributed by atoms with E-state index in [1.165, 1.54) is 36.4 Å². The summed E-state index contributed by atoms with van der Waals surface area (Å²) in [7, 11) is 0. The van der Waals surface area contributed by atoms with Crippen molar-refractivity contribution in [3.05, 3.63) is 89.0 Å². The van der Waals surface area contributed by atoms with Gasteiger partial charge < -0.3 is 15.5 Å². The molecular weight excluding hydrogens is 388 g/mol. The zero-order valence-corrected chi connectivity index (χ0v) is 15.3. The third-order valence-electron chi connectivity index (χ3n) is 4.67. The molecule has 0 bridgehead atoms. The smallest absolute Gasteiger partial charge is 0.339 e. The van der Waals surface area contributed by atoms with Gasteiger partial charge in [0.15, 0.2) is 0 Å². The molecule has 30 heavy (non-hydrogen) atoms. The molecule has 0 radical (unpaired) electrons. The second kappa shape index (κ2) is 7.17. The average Bonchev–Trinajstić information content (AvgIpc) is 3.00. The lowest BCUT2D eigenvalue weighted by atomic mass is 10.1. The van der Waals surface area contributed by atoms with Crippen molar-refractivity contribution in [3.8, 4) is 5.75 Å². The lowest BCUT2D eigenvalue weighted by Gasteiger charge is -2.14. The van der Waals surface area contributed by atoms with Crippen LogP contribution >= 0.6 is 0 Å². The van der Waals surface area contributed by atoms with Crippen molar-refractivity contribution < 1.29 is 29.4 Å². The van der Waals surface area contributed by atoms with Crippen LogP contribution < -0.4 is 10.2 Å². The van der Waals surface area contributed by atoms with Crippen LogP contribution in [0.25, 0.3) is 0 Å². The molecule has 8 nitrogen and oxygen atoms in total. The first kappa shape index (κ1) is 18.9. The van der Waals surface area contributed by atoms with Gasteiger partial charge in [0, 0.05) is 11.3 Å². The van der Waals surface area contributed by atoms with Crippen LogP contribution in [0.5, 0.6) is 5.75 Å². The summed E-state index contributed by atoms with van der Waals surface area (Å²) in [4.78, 5) is 49.7. The van der Waals surface area contributed by atoms with E-state index in [2.05, 4.69) is 5.32 Å². The van der Waals surface area contributed by atoms with Gasteiger partial charge in [0.1, 0.15) is 11.3 Å². The highest BCUT2D eigenvalue weighted by atomic mass is 16.4. The number of nitrogens with zero attached hydrogens (tertiary/aromatic N) is 1. The monoisotopic (exact) mass is 402 g/mol. The third kappa shape index (κ3) is 3.16. The Bertz CT molecular complexity index is 1180. The fourth-order valence-corrected chi connectivity index (χ4v) is 3.17. The van der Waals surface area contributed by atoms with Gasteiger partial charge in [-0.25, -0.2) is 9.69 Å².